The smallest absolute Gasteiger partial charge is 0.243 e. The molecule has 1 unspecified atom stereocenters. The van der Waals surface area contributed by atoms with E-state index in [1.807, 2.05) is 23.1 Å². The molecule has 0 N–H and O–H groups in total. The number of carbonyl (C=O) groups excluding carboxylic acids is 1. The van der Waals surface area contributed by atoms with E-state index in [4.69, 9.17) is 0 Å². The van der Waals surface area contributed by atoms with Gasteiger partial charge in [0.05, 0.1) is 4.90 Å². The Labute approximate surface area is 160 Å². The molecule has 2 aliphatic heterocycles. The van der Waals surface area contributed by atoms with E-state index < -0.39 is 10.0 Å². The van der Waals surface area contributed by atoms with E-state index in [1.165, 1.54) is 9.87 Å². The van der Waals surface area contributed by atoms with Gasteiger partial charge in [0.25, 0.3) is 0 Å². The molecular formula is C21H24N2O3S. The molecule has 0 spiro atoms. The summed E-state index contributed by atoms with van der Waals surface area (Å²) < 4.78 is 27.0. The van der Waals surface area contributed by atoms with Gasteiger partial charge in [-0.05, 0) is 49.9 Å². The molecule has 0 saturated carbocycles. The van der Waals surface area contributed by atoms with Crippen LogP contribution in [0.1, 0.15) is 25.3 Å². The van der Waals surface area contributed by atoms with E-state index in [0.29, 0.717) is 30.8 Å². The van der Waals surface area contributed by atoms with Crippen LogP contribution in [0.4, 0.5) is 5.69 Å². The molecular weight excluding hydrogens is 360 g/mol. The second kappa shape index (κ2) is 7.09. The Kier molecular flexibility index (Phi) is 4.78. The fourth-order valence-corrected chi connectivity index (χ4v) is 5.67. The third-order valence-electron chi connectivity index (χ3n) is 5.63. The topological polar surface area (TPSA) is 57.7 Å². The van der Waals surface area contributed by atoms with Gasteiger partial charge >= 0.3 is 0 Å². The first-order valence-electron chi connectivity index (χ1n) is 9.44. The summed E-state index contributed by atoms with van der Waals surface area (Å²) in [4.78, 5) is 15.4. The molecule has 2 aliphatic rings. The summed E-state index contributed by atoms with van der Waals surface area (Å²) in [7, 11) is -3.48. The molecule has 0 bridgehead atoms. The van der Waals surface area contributed by atoms with Crippen molar-refractivity contribution in [2.24, 2.45) is 5.92 Å². The van der Waals surface area contributed by atoms with Crippen molar-refractivity contribution in [1.82, 2.24) is 4.31 Å². The van der Waals surface area contributed by atoms with Crippen LogP contribution in [-0.2, 0) is 21.2 Å². The van der Waals surface area contributed by atoms with Crippen molar-refractivity contribution in [2.45, 2.75) is 37.1 Å². The number of hydrogen-bond acceptors (Lipinski definition) is 3. The fraction of sp³-hybridized carbons (Fsp3) is 0.381. The summed E-state index contributed by atoms with van der Waals surface area (Å²) in [6.45, 7) is 2.85. The first kappa shape index (κ1) is 18.2. The van der Waals surface area contributed by atoms with Gasteiger partial charge in [-0.1, -0.05) is 36.4 Å². The van der Waals surface area contributed by atoms with Crippen molar-refractivity contribution in [3.05, 3.63) is 60.2 Å². The molecule has 2 heterocycles. The van der Waals surface area contributed by atoms with E-state index in [1.54, 1.807) is 30.3 Å². The van der Waals surface area contributed by atoms with Crippen molar-refractivity contribution >= 4 is 21.6 Å². The van der Waals surface area contributed by atoms with Gasteiger partial charge in [-0.25, -0.2) is 8.42 Å². The molecule has 27 heavy (non-hydrogen) atoms. The molecule has 2 aromatic rings. The van der Waals surface area contributed by atoms with Crippen LogP contribution in [0, 0.1) is 5.92 Å². The maximum absolute atomic E-state index is 13.2. The van der Waals surface area contributed by atoms with Crippen LogP contribution >= 0.6 is 0 Å². The highest BCUT2D eigenvalue weighted by Gasteiger charge is 2.38. The average molecular weight is 385 g/mol. The number of fused-ring (bicyclic) bond motifs is 1. The van der Waals surface area contributed by atoms with Crippen molar-refractivity contribution in [2.75, 3.05) is 18.0 Å². The minimum absolute atomic E-state index is 0.124. The van der Waals surface area contributed by atoms with Gasteiger partial charge in [-0.15, -0.1) is 0 Å². The number of nitrogens with zero attached hydrogens (tertiary/aromatic N) is 2. The standard InChI is InChI=1S/C21H24N2O3S/c1-16-15-18-7-5-6-10-20(18)23(16)21(24)17-11-13-22(14-12-17)27(25,26)19-8-3-2-4-9-19/h2-10,16-17H,11-15H2,1H3. The highest BCUT2D eigenvalue weighted by atomic mass is 32.2. The van der Waals surface area contributed by atoms with Crippen LogP contribution in [0.2, 0.25) is 0 Å². The molecule has 1 atom stereocenters. The summed E-state index contributed by atoms with van der Waals surface area (Å²) in [6, 6.07) is 16.7. The number of benzene rings is 2. The Bertz CT molecular complexity index is 935. The van der Waals surface area contributed by atoms with Crippen LogP contribution in [-0.4, -0.2) is 37.8 Å². The van der Waals surface area contributed by atoms with Crippen LogP contribution in [0.15, 0.2) is 59.5 Å². The fourth-order valence-electron chi connectivity index (χ4n) is 4.18. The monoisotopic (exact) mass is 384 g/mol. The Balaban J connectivity index is 1.46. The summed E-state index contributed by atoms with van der Waals surface area (Å²) in [6.07, 6.45) is 2.01. The molecule has 6 heteroatoms. The molecule has 1 amide bonds. The highest BCUT2D eigenvalue weighted by molar-refractivity contribution is 7.89. The third-order valence-corrected chi connectivity index (χ3v) is 7.54. The third kappa shape index (κ3) is 3.28. The van der Waals surface area contributed by atoms with Crippen LogP contribution < -0.4 is 4.90 Å². The second-order valence-electron chi connectivity index (χ2n) is 7.38. The number of carbonyl (C=O) groups is 1. The number of rotatable bonds is 3. The summed E-state index contributed by atoms with van der Waals surface area (Å²) in [5.74, 6) is 0.00467. The number of anilines is 1. The normalized spacial score (nSPS) is 21.2. The molecule has 142 valence electrons. The van der Waals surface area contributed by atoms with Crippen molar-refractivity contribution in [3.8, 4) is 0 Å². The average Bonchev–Trinajstić information content (AvgIpc) is 3.04. The van der Waals surface area contributed by atoms with Gasteiger partial charge in [0, 0.05) is 30.7 Å². The van der Waals surface area contributed by atoms with Gasteiger partial charge in [-0.2, -0.15) is 4.31 Å². The quantitative estimate of drug-likeness (QED) is 0.817. The van der Waals surface area contributed by atoms with Gasteiger partial charge in [0.15, 0.2) is 0 Å². The highest BCUT2D eigenvalue weighted by Crippen LogP contribution is 2.35. The van der Waals surface area contributed by atoms with Gasteiger partial charge in [-0.3, -0.25) is 4.79 Å². The van der Waals surface area contributed by atoms with Crippen molar-refractivity contribution in [1.29, 1.82) is 0 Å². The minimum atomic E-state index is -3.48. The molecule has 0 aliphatic carbocycles. The van der Waals surface area contributed by atoms with Gasteiger partial charge < -0.3 is 4.90 Å². The number of hydrogen-bond donors (Lipinski definition) is 0. The maximum Gasteiger partial charge on any atom is 0.243 e. The van der Waals surface area contributed by atoms with E-state index in [-0.39, 0.29) is 17.9 Å². The van der Waals surface area contributed by atoms with Crippen molar-refractivity contribution < 1.29 is 13.2 Å². The summed E-state index contributed by atoms with van der Waals surface area (Å²) in [5, 5.41) is 0. The van der Waals surface area contributed by atoms with Gasteiger partial charge in [0.2, 0.25) is 15.9 Å². The molecule has 4 rings (SSSR count). The number of para-hydroxylation sites is 1. The van der Waals surface area contributed by atoms with Gasteiger partial charge in [0.1, 0.15) is 0 Å². The molecule has 2 aromatic carbocycles. The first-order valence-corrected chi connectivity index (χ1v) is 10.9. The van der Waals surface area contributed by atoms with E-state index in [9.17, 15) is 13.2 Å². The zero-order valence-electron chi connectivity index (χ0n) is 15.4. The lowest BCUT2D eigenvalue weighted by molar-refractivity contribution is -0.123. The number of piperidine rings is 1. The predicted octanol–water partition coefficient (Wildman–Crippen LogP) is 3.07. The van der Waals surface area contributed by atoms with Crippen LogP contribution in [0.3, 0.4) is 0 Å². The second-order valence-corrected chi connectivity index (χ2v) is 9.32. The molecule has 1 fully saturated rings. The maximum atomic E-state index is 13.2. The lowest BCUT2D eigenvalue weighted by Gasteiger charge is -2.34. The minimum Gasteiger partial charge on any atom is -0.309 e. The SMILES string of the molecule is CC1Cc2ccccc2N1C(=O)C1CCN(S(=O)(=O)c2ccccc2)CC1. The molecule has 0 aromatic heterocycles. The van der Waals surface area contributed by atoms with E-state index in [2.05, 4.69) is 13.0 Å². The Morgan fingerprint density at radius 2 is 1.59 bits per heavy atom. The summed E-state index contributed by atoms with van der Waals surface area (Å²) in [5.41, 5.74) is 2.22. The van der Waals surface area contributed by atoms with Crippen LogP contribution in [0.25, 0.3) is 0 Å². The lowest BCUT2D eigenvalue weighted by Crippen LogP contribution is -2.46. The van der Waals surface area contributed by atoms with Crippen LogP contribution in [0.5, 0.6) is 0 Å². The van der Waals surface area contributed by atoms with E-state index in [0.717, 1.165) is 12.1 Å². The Morgan fingerprint density at radius 1 is 0.963 bits per heavy atom. The first-order chi connectivity index (χ1) is 13.0. The zero-order chi connectivity index (χ0) is 19.0. The van der Waals surface area contributed by atoms with E-state index >= 15 is 0 Å². The largest absolute Gasteiger partial charge is 0.309 e. The van der Waals surface area contributed by atoms with Crippen molar-refractivity contribution in [3.63, 3.8) is 0 Å². The molecule has 0 radical (unpaired) electrons. The summed E-state index contributed by atoms with van der Waals surface area (Å²) >= 11 is 0. The predicted molar refractivity (Wildman–Crippen MR) is 105 cm³/mol. The lowest BCUT2D eigenvalue weighted by atomic mass is 9.96. The Morgan fingerprint density at radius 3 is 2.30 bits per heavy atom. The Hall–Kier alpha value is -2.18. The zero-order valence-corrected chi connectivity index (χ0v) is 16.2. The molecule has 5 nitrogen and oxygen atoms in total. The molecule has 1 saturated heterocycles. The number of sulfonamides is 1. The number of amides is 1.